The summed E-state index contributed by atoms with van der Waals surface area (Å²) in [5.74, 6) is 1.12. The van der Waals surface area contributed by atoms with Gasteiger partial charge in [0.2, 0.25) is 0 Å². The number of hydrogen-bond acceptors (Lipinski definition) is 5. The van der Waals surface area contributed by atoms with Crippen LogP contribution in [0.3, 0.4) is 0 Å². The number of rotatable bonds is 6. The summed E-state index contributed by atoms with van der Waals surface area (Å²) >= 11 is 0. The molecule has 1 fully saturated rings. The minimum absolute atomic E-state index is 0.234. The summed E-state index contributed by atoms with van der Waals surface area (Å²) in [4.78, 5) is 2.27. The van der Waals surface area contributed by atoms with Crippen molar-refractivity contribution in [1.29, 1.82) is 0 Å². The summed E-state index contributed by atoms with van der Waals surface area (Å²) in [6.07, 6.45) is -4.72. The van der Waals surface area contributed by atoms with Gasteiger partial charge in [-0.15, -0.1) is 13.2 Å². The smallest absolute Gasteiger partial charge is 0.496 e. The van der Waals surface area contributed by atoms with E-state index in [1.54, 1.807) is 26.4 Å². The van der Waals surface area contributed by atoms with Gasteiger partial charge in [-0.3, -0.25) is 4.90 Å². The average Bonchev–Trinajstić information content (AvgIpc) is 2.69. The van der Waals surface area contributed by atoms with Crippen LogP contribution in [0.1, 0.15) is 22.7 Å². The Morgan fingerprint density at radius 3 is 2.00 bits per heavy atom. The topological polar surface area (TPSA) is 43.0 Å². The van der Waals surface area contributed by atoms with Crippen LogP contribution in [-0.4, -0.2) is 51.7 Å². The largest absolute Gasteiger partial charge is 0.573 e. The fourth-order valence-corrected chi connectivity index (χ4v) is 3.69. The monoisotopic (exact) mass is 410 g/mol. The fourth-order valence-electron chi connectivity index (χ4n) is 3.69. The number of benzene rings is 2. The normalized spacial score (nSPS) is 16.3. The van der Waals surface area contributed by atoms with Crippen molar-refractivity contribution < 1.29 is 27.4 Å². The minimum atomic E-state index is -4.72. The molecule has 2 aromatic carbocycles. The molecule has 0 spiro atoms. The van der Waals surface area contributed by atoms with Crippen LogP contribution < -0.4 is 19.5 Å². The number of methoxy groups -OCH3 is 2. The van der Waals surface area contributed by atoms with E-state index < -0.39 is 6.36 Å². The van der Waals surface area contributed by atoms with E-state index in [4.69, 9.17) is 9.47 Å². The summed E-state index contributed by atoms with van der Waals surface area (Å²) in [6.45, 7) is 5.17. The molecule has 1 aliphatic heterocycles. The molecule has 0 saturated carbocycles. The summed E-state index contributed by atoms with van der Waals surface area (Å²) in [6, 6.07) is 9.64. The number of nitrogens with one attached hydrogen (secondary N) is 1. The van der Waals surface area contributed by atoms with Crippen molar-refractivity contribution in [3.8, 4) is 17.2 Å². The molecule has 29 heavy (non-hydrogen) atoms. The van der Waals surface area contributed by atoms with Gasteiger partial charge >= 0.3 is 6.36 Å². The number of piperazine rings is 1. The van der Waals surface area contributed by atoms with E-state index in [1.165, 1.54) is 12.1 Å². The number of hydrogen-bond donors (Lipinski definition) is 1. The van der Waals surface area contributed by atoms with Gasteiger partial charge in [0.15, 0.2) is 0 Å². The van der Waals surface area contributed by atoms with Crippen LogP contribution in [0.4, 0.5) is 13.2 Å². The molecule has 158 valence electrons. The molecule has 0 aliphatic carbocycles. The Morgan fingerprint density at radius 2 is 1.52 bits per heavy atom. The van der Waals surface area contributed by atoms with Gasteiger partial charge in [-0.1, -0.05) is 12.1 Å². The summed E-state index contributed by atoms with van der Waals surface area (Å²) < 4.78 is 52.9. The van der Waals surface area contributed by atoms with Gasteiger partial charge in [0, 0.05) is 26.2 Å². The van der Waals surface area contributed by atoms with Crippen molar-refractivity contribution in [1.82, 2.24) is 10.2 Å². The van der Waals surface area contributed by atoms with E-state index >= 15 is 0 Å². The van der Waals surface area contributed by atoms with E-state index in [-0.39, 0.29) is 11.8 Å². The second-order valence-corrected chi connectivity index (χ2v) is 6.89. The van der Waals surface area contributed by atoms with Crippen molar-refractivity contribution in [2.24, 2.45) is 0 Å². The zero-order valence-corrected chi connectivity index (χ0v) is 16.7. The lowest BCUT2D eigenvalue weighted by molar-refractivity contribution is -0.274. The van der Waals surface area contributed by atoms with Crippen LogP contribution in [0, 0.1) is 6.92 Å². The quantitative estimate of drug-likeness (QED) is 0.782. The molecule has 1 atom stereocenters. The van der Waals surface area contributed by atoms with Crippen molar-refractivity contribution >= 4 is 0 Å². The van der Waals surface area contributed by atoms with Gasteiger partial charge in [0.05, 0.1) is 25.8 Å². The van der Waals surface area contributed by atoms with Crippen LogP contribution in [0.25, 0.3) is 0 Å². The third kappa shape index (κ3) is 5.13. The van der Waals surface area contributed by atoms with E-state index in [0.29, 0.717) is 11.5 Å². The van der Waals surface area contributed by atoms with Gasteiger partial charge in [-0.2, -0.15) is 0 Å². The van der Waals surface area contributed by atoms with Crippen molar-refractivity contribution in [2.75, 3.05) is 40.4 Å². The number of nitrogens with zero attached hydrogens (tertiary/aromatic N) is 1. The molecule has 0 bridgehead atoms. The fraction of sp³-hybridized carbons (Fsp3) is 0.429. The number of ether oxygens (including phenoxy) is 3. The molecule has 0 amide bonds. The molecule has 0 unspecified atom stereocenters. The Labute approximate surface area is 168 Å². The van der Waals surface area contributed by atoms with Gasteiger partial charge in [-0.25, -0.2) is 0 Å². The predicted octanol–water partition coefficient (Wildman–Crippen LogP) is 3.91. The van der Waals surface area contributed by atoms with E-state index in [9.17, 15) is 13.2 Å². The van der Waals surface area contributed by atoms with Gasteiger partial charge in [-0.05, 0) is 42.3 Å². The maximum atomic E-state index is 12.5. The zero-order chi connectivity index (χ0) is 21.0. The average molecular weight is 410 g/mol. The lowest BCUT2D eigenvalue weighted by Gasteiger charge is -2.36. The molecule has 1 heterocycles. The van der Waals surface area contributed by atoms with Crippen LogP contribution in [0.5, 0.6) is 17.2 Å². The van der Waals surface area contributed by atoms with Crippen LogP contribution in [0.15, 0.2) is 36.4 Å². The number of halogens is 3. The second kappa shape index (κ2) is 8.92. The molecular weight excluding hydrogens is 385 g/mol. The highest BCUT2D eigenvalue weighted by Crippen LogP contribution is 2.42. The molecule has 1 aliphatic rings. The molecule has 3 rings (SSSR count). The zero-order valence-electron chi connectivity index (χ0n) is 16.7. The number of aryl methyl sites for hydroxylation is 1. The minimum Gasteiger partial charge on any atom is -0.496 e. The molecule has 5 nitrogen and oxygen atoms in total. The van der Waals surface area contributed by atoms with Gasteiger partial charge in [0.1, 0.15) is 17.2 Å². The maximum Gasteiger partial charge on any atom is 0.573 e. The summed E-state index contributed by atoms with van der Waals surface area (Å²) in [7, 11) is 3.21. The Kier molecular flexibility index (Phi) is 6.54. The SMILES string of the molecule is COc1cc(C)cc(OC)c1[C@H](c1ccc(OC(F)(F)F)cc1)N1CCNCC1. The summed E-state index contributed by atoms with van der Waals surface area (Å²) in [5, 5.41) is 3.32. The second-order valence-electron chi connectivity index (χ2n) is 6.89. The molecule has 0 aromatic heterocycles. The van der Waals surface area contributed by atoms with Crippen LogP contribution in [-0.2, 0) is 0 Å². The highest BCUT2D eigenvalue weighted by atomic mass is 19.4. The highest BCUT2D eigenvalue weighted by Gasteiger charge is 2.32. The lowest BCUT2D eigenvalue weighted by atomic mass is 9.93. The molecule has 1 N–H and O–H groups in total. The molecule has 0 radical (unpaired) electrons. The summed E-state index contributed by atoms with van der Waals surface area (Å²) in [5.41, 5.74) is 2.68. The first kappa shape index (κ1) is 21.3. The van der Waals surface area contributed by atoms with Crippen LogP contribution >= 0.6 is 0 Å². The van der Waals surface area contributed by atoms with Crippen molar-refractivity contribution in [3.05, 3.63) is 53.1 Å². The maximum absolute atomic E-state index is 12.5. The highest BCUT2D eigenvalue weighted by molar-refractivity contribution is 5.53. The standard InChI is InChI=1S/C21H25F3N2O3/c1-14-12-17(27-2)19(18(13-14)28-3)20(26-10-8-25-9-11-26)15-4-6-16(7-5-15)29-21(22,23)24/h4-7,12-13,20,25H,8-11H2,1-3H3/t20-/m0/s1. The Bertz CT molecular complexity index is 794. The van der Waals surface area contributed by atoms with E-state index in [0.717, 1.165) is 42.9 Å². The first-order valence-corrected chi connectivity index (χ1v) is 9.35. The Balaban J connectivity index is 2.07. The molecule has 8 heteroatoms. The molecule has 1 saturated heterocycles. The van der Waals surface area contributed by atoms with Gasteiger partial charge < -0.3 is 19.5 Å². The first-order valence-electron chi connectivity index (χ1n) is 9.35. The van der Waals surface area contributed by atoms with Crippen molar-refractivity contribution in [3.63, 3.8) is 0 Å². The van der Waals surface area contributed by atoms with E-state index in [2.05, 4.69) is 15.0 Å². The van der Waals surface area contributed by atoms with Crippen molar-refractivity contribution in [2.45, 2.75) is 19.3 Å². The Morgan fingerprint density at radius 1 is 0.966 bits per heavy atom. The van der Waals surface area contributed by atoms with E-state index in [1.807, 2.05) is 19.1 Å². The Hall–Kier alpha value is -2.45. The molecular formula is C21H25F3N2O3. The third-order valence-corrected chi connectivity index (χ3v) is 4.91. The number of alkyl halides is 3. The third-order valence-electron chi connectivity index (χ3n) is 4.91. The first-order chi connectivity index (χ1) is 13.8. The lowest BCUT2D eigenvalue weighted by Crippen LogP contribution is -2.45. The predicted molar refractivity (Wildman–Crippen MR) is 104 cm³/mol. The van der Waals surface area contributed by atoms with Gasteiger partial charge in [0.25, 0.3) is 0 Å². The van der Waals surface area contributed by atoms with Crippen LogP contribution in [0.2, 0.25) is 0 Å². The molecule has 2 aromatic rings.